The Morgan fingerprint density at radius 3 is 2.47 bits per heavy atom. The number of carbonyl (C=O) groups is 2. The van der Waals surface area contributed by atoms with Gasteiger partial charge in [-0.25, -0.2) is 4.98 Å². The van der Waals surface area contributed by atoms with Crippen LogP contribution in [-0.2, 0) is 17.5 Å². The number of hydrogen-bond acceptors (Lipinski definition) is 6. The van der Waals surface area contributed by atoms with E-state index in [1.807, 2.05) is 0 Å². The number of primary amides is 1. The highest BCUT2D eigenvalue weighted by Gasteiger charge is 2.32. The molecule has 3 rings (SSSR count). The molecule has 8 nitrogen and oxygen atoms in total. The van der Waals surface area contributed by atoms with Gasteiger partial charge in [-0.15, -0.1) is 0 Å². The number of pyridine rings is 3. The summed E-state index contributed by atoms with van der Waals surface area (Å²) in [4.78, 5) is 43.8. The number of rotatable bonds is 4. The van der Waals surface area contributed by atoms with Crippen molar-refractivity contribution < 1.29 is 27.5 Å². The molecule has 30 heavy (non-hydrogen) atoms. The van der Waals surface area contributed by atoms with Gasteiger partial charge in [-0.2, -0.15) is 13.2 Å². The fourth-order valence-electron chi connectivity index (χ4n) is 2.76. The molecular formula is C18H12ClF3N4O4. The van der Waals surface area contributed by atoms with E-state index in [-0.39, 0.29) is 28.2 Å². The number of hydrogen-bond donors (Lipinski definition) is 1. The van der Waals surface area contributed by atoms with Crippen molar-refractivity contribution in [3.05, 3.63) is 62.8 Å². The van der Waals surface area contributed by atoms with E-state index in [1.165, 1.54) is 12.3 Å². The Morgan fingerprint density at radius 1 is 1.23 bits per heavy atom. The third kappa shape index (κ3) is 4.10. The zero-order valence-electron chi connectivity index (χ0n) is 15.2. The molecule has 0 saturated carbocycles. The molecule has 1 amide bonds. The van der Waals surface area contributed by atoms with Gasteiger partial charge < -0.3 is 10.5 Å². The first-order chi connectivity index (χ1) is 14.0. The molecule has 3 aromatic rings. The fourth-order valence-corrected chi connectivity index (χ4v) is 2.92. The minimum absolute atomic E-state index is 0.0226. The minimum Gasteiger partial charge on any atom is -0.425 e. The zero-order chi connectivity index (χ0) is 22.2. The minimum atomic E-state index is -4.62. The highest BCUT2D eigenvalue weighted by atomic mass is 35.5. The molecule has 3 heterocycles. The van der Waals surface area contributed by atoms with Crippen LogP contribution in [0.25, 0.3) is 11.0 Å². The molecule has 0 bridgehead atoms. The van der Waals surface area contributed by atoms with Gasteiger partial charge in [0.2, 0.25) is 0 Å². The van der Waals surface area contributed by atoms with Crippen LogP contribution in [0.2, 0.25) is 5.02 Å². The maximum Gasteiger partial charge on any atom is 0.433 e. The molecule has 3 aromatic heterocycles. The standard InChI is InChI=1S/C18H12ClF3N4O4/c1-8(27)30-14-11-4-10(19)6-25-16(11)26(17(29)13(14)15(23)28)7-9-2-3-12(24-5-9)18(20,21)22/h2-6H,7H2,1H3,(H2,23,28). The quantitative estimate of drug-likeness (QED) is 0.623. The summed E-state index contributed by atoms with van der Waals surface area (Å²) in [7, 11) is 0. The number of nitrogens with two attached hydrogens (primary N) is 1. The first-order valence-corrected chi connectivity index (χ1v) is 8.59. The third-order valence-corrected chi connectivity index (χ3v) is 4.17. The van der Waals surface area contributed by atoms with Gasteiger partial charge in [-0.05, 0) is 17.7 Å². The smallest absolute Gasteiger partial charge is 0.425 e. The summed E-state index contributed by atoms with van der Waals surface area (Å²) < 4.78 is 44.2. The van der Waals surface area contributed by atoms with E-state index in [0.29, 0.717) is 0 Å². The maximum absolute atomic E-state index is 12.9. The van der Waals surface area contributed by atoms with Crippen LogP contribution >= 0.6 is 11.6 Å². The Morgan fingerprint density at radius 2 is 1.93 bits per heavy atom. The van der Waals surface area contributed by atoms with Crippen LogP contribution in [0.4, 0.5) is 13.2 Å². The number of amides is 1. The van der Waals surface area contributed by atoms with Gasteiger partial charge in [0.25, 0.3) is 11.5 Å². The Labute approximate surface area is 171 Å². The number of halogens is 4. The predicted molar refractivity (Wildman–Crippen MR) is 99.2 cm³/mol. The second kappa shape index (κ2) is 7.75. The molecule has 0 fully saturated rings. The lowest BCUT2D eigenvalue weighted by molar-refractivity contribution is -0.141. The predicted octanol–water partition coefficient (Wildman–Crippen LogP) is 2.54. The summed E-state index contributed by atoms with van der Waals surface area (Å²) >= 11 is 5.95. The number of nitrogens with zero attached hydrogens (tertiary/aromatic N) is 3. The molecule has 0 atom stereocenters. The van der Waals surface area contributed by atoms with E-state index in [9.17, 15) is 27.6 Å². The molecule has 0 aliphatic heterocycles. The summed E-state index contributed by atoms with van der Waals surface area (Å²) in [5.74, 6) is -2.38. The summed E-state index contributed by atoms with van der Waals surface area (Å²) in [6, 6.07) is 3.21. The molecule has 0 unspecified atom stereocenters. The normalized spacial score (nSPS) is 11.5. The average Bonchev–Trinajstić information content (AvgIpc) is 2.64. The van der Waals surface area contributed by atoms with Crippen LogP contribution in [0.15, 0.2) is 35.4 Å². The van der Waals surface area contributed by atoms with Crippen molar-refractivity contribution in [3.63, 3.8) is 0 Å². The van der Waals surface area contributed by atoms with Crippen LogP contribution in [0, 0.1) is 0 Å². The molecule has 2 N–H and O–H groups in total. The summed E-state index contributed by atoms with van der Waals surface area (Å²) in [5, 5.41) is 0.165. The van der Waals surface area contributed by atoms with Crippen molar-refractivity contribution in [2.24, 2.45) is 5.73 Å². The van der Waals surface area contributed by atoms with Crippen LogP contribution < -0.4 is 16.0 Å². The first-order valence-electron chi connectivity index (χ1n) is 8.21. The lowest BCUT2D eigenvalue weighted by Gasteiger charge is -2.15. The van der Waals surface area contributed by atoms with E-state index in [1.54, 1.807) is 0 Å². The van der Waals surface area contributed by atoms with Gasteiger partial charge in [-0.3, -0.25) is 23.9 Å². The number of alkyl halides is 3. The van der Waals surface area contributed by atoms with Gasteiger partial charge in [0.1, 0.15) is 16.9 Å². The molecule has 0 aliphatic rings. The van der Waals surface area contributed by atoms with Gasteiger partial charge in [0.05, 0.1) is 17.0 Å². The molecule has 0 aromatic carbocycles. The third-order valence-electron chi connectivity index (χ3n) is 3.97. The van der Waals surface area contributed by atoms with Crippen LogP contribution in [0.1, 0.15) is 28.5 Å². The van der Waals surface area contributed by atoms with Crippen molar-refractivity contribution in [3.8, 4) is 5.75 Å². The lowest BCUT2D eigenvalue weighted by atomic mass is 10.1. The van der Waals surface area contributed by atoms with Gasteiger partial charge in [-0.1, -0.05) is 17.7 Å². The zero-order valence-corrected chi connectivity index (χ0v) is 15.9. The summed E-state index contributed by atoms with van der Waals surface area (Å²) in [6.45, 7) is 0.781. The molecule has 0 spiro atoms. The molecule has 12 heteroatoms. The number of ether oxygens (including phenoxy) is 1. The second-order valence-electron chi connectivity index (χ2n) is 6.13. The molecule has 0 saturated heterocycles. The SMILES string of the molecule is CC(=O)Oc1c(C(N)=O)c(=O)n(Cc2ccc(C(F)(F)F)nc2)c2ncc(Cl)cc12. The number of carbonyl (C=O) groups excluding carboxylic acids is 2. The van der Waals surface area contributed by atoms with E-state index in [4.69, 9.17) is 22.1 Å². The molecule has 0 radical (unpaired) electrons. The Kier molecular flexibility index (Phi) is 5.49. The van der Waals surface area contributed by atoms with Crippen molar-refractivity contribution in [1.29, 1.82) is 0 Å². The lowest BCUT2D eigenvalue weighted by Crippen LogP contribution is -2.32. The highest BCUT2D eigenvalue weighted by Crippen LogP contribution is 2.30. The average molecular weight is 441 g/mol. The largest absolute Gasteiger partial charge is 0.433 e. The number of esters is 1. The summed E-state index contributed by atoms with van der Waals surface area (Å²) in [5.41, 5.74) is 2.85. The van der Waals surface area contributed by atoms with E-state index in [0.717, 1.165) is 29.8 Å². The Bertz CT molecular complexity index is 1220. The Balaban J connectivity index is 2.24. The number of aromatic nitrogens is 3. The van der Waals surface area contributed by atoms with Crippen molar-refractivity contribution in [2.45, 2.75) is 19.6 Å². The topological polar surface area (TPSA) is 117 Å². The van der Waals surface area contributed by atoms with Crippen LogP contribution in [-0.4, -0.2) is 26.4 Å². The van der Waals surface area contributed by atoms with E-state index in [2.05, 4.69) is 9.97 Å². The van der Waals surface area contributed by atoms with Crippen LogP contribution in [0.3, 0.4) is 0 Å². The van der Waals surface area contributed by atoms with Crippen molar-refractivity contribution >= 4 is 34.5 Å². The monoisotopic (exact) mass is 440 g/mol. The number of fused-ring (bicyclic) bond motifs is 1. The van der Waals surface area contributed by atoms with Gasteiger partial charge in [0, 0.05) is 19.3 Å². The molecular weight excluding hydrogens is 429 g/mol. The highest BCUT2D eigenvalue weighted by molar-refractivity contribution is 6.31. The van der Waals surface area contributed by atoms with Crippen molar-refractivity contribution in [2.75, 3.05) is 0 Å². The van der Waals surface area contributed by atoms with Crippen LogP contribution in [0.5, 0.6) is 5.75 Å². The fraction of sp³-hybridized carbons (Fsp3) is 0.167. The summed E-state index contributed by atoms with van der Waals surface area (Å²) in [6.07, 6.45) is -2.46. The van der Waals surface area contributed by atoms with Gasteiger partial charge in [0.15, 0.2) is 5.75 Å². The van der Waals surface area contributed by atoms with E-state index < -0.39 is 40.6 Å². The van der Waals surface area contributed by atoms with Crippen molar-refractivity contribution in [1.82, 2.24) is 14.5 Å². The molecule has 156 valence electrons. The first kappa shape index (κ1) is 21.2. The Hall–Kier alpha value is -3.47. The van der Waals surface area contributed by atoms with E-state index >= 15 is 0 Å². The second-order valence-corrected chi connectivity index (χ2v) is 6.56. The molecule has 0 aliphatic carbocycles. The van der Waals surface area contributed by atoms with Gasteiger partial charge >= 0.3 is 12.1 Å². The maximum atomic E-state index is 12.9.